The van der Waals surface area contributed by atoms with Crippen molar-refractivity contribution in [3.05, 3.63) is 70.8 Å². The lowest BCUT2D eigenvalue weighted by Gasteiger charge is -2.31. The van der Waals surface area contributed by atoms with Crippen molar-refractivity contribution < 1.29 is 14.4 Å². The van der Waals surface area contributed by atoms with Gasteiger partial charge in [-0.2, -0.15) is 0 Å². The minimum Gasteiger partial charge on any atom is -0.347 e. The third-order valence-corrected chi connectivity index (χ3v) is 7.56. The Morgan fingerprint density at radius 1 is 1.05 bits per heavy atom. The van der Waals surface area contributed by atoms with Crippen LogP contribution in [0.15, 0.2) is 48.5 Å². The Bertz CT molecular complexity index is 1210. The van der Waals surface area contributed by atoms with Gasteiger partial charge in [0.2, 0.25) is 17.7 Å². The number of likely N-dealkylation sites (tertiary alicyclic amines) is 1. The molecule has 38 heavy (non-hydrogen) atoms. The first-order valence-corrected chi connectivity index (χ1v) is 13.6. The second kappa shape index (κ2) is 12.7. The number of amides is 3. The van der Waals surface area contributed by atoms with Crippen LogP contribution in [-0.2, 0) is 20.8 Å². The van der Waals surface area contributed by atoms with E-state index in [9.17, 15) is 14.4 Å². The number of nitrogens with one attached hydrogen (secondary N) is 3. The van der Waals surface area contributed by atoms with E-state index >= 15 is 0 Å². The summed E-state index contributed by atoms with van der Waals surface area (Å²) in [5, 5.41) is 9.00. The van der Waals surface area contributed by atoms with E-state index in [4.69, 9.17) is 0 Å². The number of rotatable bonds is 7. The first kappa shape index (κ1) is 27.4. The van der Waals surface area contributed by atoms with Crippen LogP contribution in [-0.4, -0.2) is 54.3 Å². The minimum absolute atomic E-state index is 0.0441. The number of aryl methyl sites for hydroxylation is 2. The highest BCUT2D eigenvalue weighted by molar-refractivity contribution is 5.93. The number of carbonyl (C=O) groups excluding carboxylic acids is 3. The van der Waals surface area contributed by atoms with E-state index in [0.717, 1.165) is 36.8 Å². The standard InChI is InChI=1S/C31H38N4O3/c1-21-16-18-23(19-17-21)9-6-14-27(34-29(36)22(2)32-3)31(38)35-20-8-15-28(35)30(37)33-26-13-7-11-24-10-4-5-12-25(24)26/h4-5,10,12,16-19,22,26-28,32H,7-8,11,13-15,20H2,1-3H3,(H,33,37)(H,34,36)/t22-,26?,27-,28-/m0/s1. The summed E-state index contributed by atoms with van der Waals surface area (Å²) in [4.78, 5) is 41.5. The molecule has 4 rings (SSSR count). The Hall–Kier alpha value is -3.63. The van der Waals surface area contributed by atoms with Gasteiger partial charge in [0.15, 0.2) is 0 Å². The Morgan fingerprint density at radius 2 is 1.82 bits per heavy atom. The molecule has 1 saturated heterocycles. The van der Waals surface area contributed by atoms with Crippen LogP contribution in [0.25, 0.3) is 0 Å². The van der Waals surface area contributed by atoms with Crippen LogP contribution >= 0.6 is 0 Å². The molecule has 1 fully saturated rings. The van der Waals surface area contributed by atoms with Crippen molar-refractivity contribution in [1.82, 2.24) is 20.9 Å². The van der Waals surface area contributed by atoms with Crippen LogP contribution in [0.2, 0.25) is 0 Å². The van der Waals surface area contributed by atoms with Gasteiger partial charge >= 0.3 is 0 Å². The molecule has 0 bridgehead atoms. The fourth-order valence-corrected chi connectivity index (χ4v) is 5.19. The van der Waals surface area contributed by atoms with Crippen molar-refractivity contribution in [3.8, 4) is 11.8 Å². The van der Waals surface area contributed by atoms with E-state index in [1.165, 1.54) is 11.1 Å². The second-order valence-corrected chi connectivity index (χ2v) is 10.3. The van der Waals surface area contributed by atoms with E-state index in [1.807, 2.05) is 43.3 Å². The summed E-state index contributed by atoms with van der Waals surface area (Å²) in [6.45, 7) is 4.24. The summed E-state index contributed by atoms with van der Waals surface area (Å²) in [6.07, 6.45) is 4.44. The van der Waals surface area contributed by atoms with Gasteiger partial charge in [0.05, 0.1) is 12.1 Å². The highest BCUT2D eigenvalue weighted by Gasteiger charge is 2.38. The fourth-order valence-electron chi connectivity index (χ4n) is 5.19. The Kier molecular flexibility index (Phi) is 9.19. The number of nitrogens with zero attached hydrogens (tertiary/aromatic N) is 1. The second-order valence-electron chi connectivity index (χ2n) is 10.3. The normalized spacial score (nSPS) is 19.9. The Labute approximate surface area is 225 Å². The topological polar surface area (TPSA) is 90.5 Å². The van der Waals surface area contributed by atoms with Crippen molar-refractivity contribution in [2.45, 2.75) is 76.5 Å². The van der Waals surface area contributed by atoms with Gasteiger partial charge in [-0.05, 0) is 76.3 Å². The van der Waals surface area contributed by atoms with Crippen LogP contribution in [0.4, 0.5) is 0 Å². The molecule has 2 aliphatic rings. The van der Waals surface area contributed by atoms with Gasteiger partial charge in [-0.1, -0.05) is 53.8 Å². The Morgan fingerprint density at radius 3 is 2.58 bits per heavy atom. The van der Waals surface area contributed by atoms with Crippen molar-refractivity contribution in [2.24, 2.45) is 0 Å². The molecule has 200 valence electrons. The first-order chi connectivity index (χ1) is 18.4. The number of benzene rings is 2. The molecule has 7 heteroatoms. The lowest BCUT2D eigenvalue weighted by atomic mass is 9.87. The van der Waals surface area contributed by atoms with Crippen LogP contribution < -0.4 is 16.0 Å². The van der Waals surface area contributed by atoms with Gasteiger partial charge < -0.3 is 20.9 Å². The molecular formula is C31H38N4O3. The maximum absolute atomic E-state index is 13.7. The van der Waals surface area contributed by atoms with Crippen molar-refractivity contribution in [3.63, 3.8) is 0 Å². The molecular weight excluding hydrogens is 476 g/mol. The molecule has 1 unspecified atom stereocenters. The molecule has 3 amide bonds. The summed E-state index contributed by atoms with van der Waals surface area (Å²) in [5.74, 6) is 5.50. The van der Waals surface area contributed by atoms with Crippen LogP contribution in [0.5, 0.6) is 0 Å². The third-order valence-electron chi connectivity index (χ3n) is 7.56. The van der Waals surface area contributed by atoms with E-state index in [0.29, 0.717) is 13.0 Å². The van der Waals surface area contributed by atoms with Crippen LogP contribution in [0, 0.1) is 18.8 Å². The molecule has 3 N–H and O–H groups in total. The highest BCUT2D eigenvalue weighted by Crippen LogP contribution is 2.30. The molecule has 1 aliphatic heterocycles. The number of carbonyl (C=O) groups is 3. The van der Waals surface area contributed by atoms with E-state index in [2.05, 4.69) is 39.9 Å². The van der Waals surface area contributed by atoms with Crippen molar-refractivity contribution in [2.75, 3.05) is 13.6 Å². The van der Waals surface area contributed by atoms with E-state index in [1.54, 1.807) is 18.9 Å². The molecule has 1 heterocycles. The zero-order valence-electron chi connectivity index (χ0n) is 22.5. The quantitative estimate of drug-likeness (QED) is 0.496. The smallest absolute Gasteiger partial charge is 0.246 e. The first-order valence-electron chi connectivity index (χ1n) is 13.6. The molecule has 0 spiro atoms. The van der Waals surface area contributed by atoms with Crippen molar-refractivity contribution >= 4 is 17.7 Å². The van der Waals surface area contributed by atoms with Gasteiger partial charge in [-0.25, -0.2) is 0 Å². The number of hydrogen-bond donors (Lipinski definition) is 3. The molecule has 0 saturated carbocycles. The summed E-state index contributed by atoms with van der Waals surface area (Å²) >= 11 is 0. The van der Waals surface area contributed by atoms with Gasteiger partial charge in [0.25, 0.3) is 0 Å². The molecule has 0 aromatic heterocycles. The van der Waals surface area contributed by atoms with E-state index < -0.39 is 18.1 Å². The molecule has 4 atom stereocenters. The lowest BCUT2D eigenvalue weighted by molar-refractivity contribution is -0.141. The largest absolute Gasteiger partial charge is 0.347 e. The fraction of sp³-hybridized carbons (Fsp3) is 0.452. The molecule has 7 nitrogen and oxygen atoms in total. The molecule has 1 aliphatic carbocycles. The summed E-state index contributed by atoms with van der Waals surface area (Å²) in [6, 6.07) is 14.2. The van der Waals surface area contributed by atoms with Crippen LogP contribution in [0.3, 0.4) is 0 Å². The zero-order valence-corrected chi connectivity index (χ0v) is 22.5. The summed E-state index contributed by atoms with van der Waals surface area (Å²) in [7, 11) is 1.70. The van der Waals surface area contributed by atoms with Gasteiger partial charge in [0.1, 0.15) is 12.1 Å². The van der Waals surface area contributed by atoms with Crippen molar-refractivity contribution in [1.29, 1.82) is 0 Å². The predicted octanol–water partition coefficient (Wildman–Crippen LogP) is 3.01. The average molecular weight is 515 g/mol. The number of hydrogen-bond acceptors (Lipinski definition) is 4. The van der Waals surface area contributed by atoms with Gasteiger partial charge in [-0.3, -0.25) is 14.4 Å². The highest BCUT2D eigenvalue weighted by atomic mass is 16.2. The van der Waals surface area contributed by atoms with Crippen LogP contribution in [0.1, 0.15) is 67.3 Å². The molecule has 2 aromatic carbocycles. The predicted molar refractivity (Wildman–Crippen MR) is 148 cm³/mol. The maximum Gasteiger partial charge on any atom is 0.246 e. The van der Waals surface area contributed by atoms with Gasteiger partial charge in [0, 0.05) is 18.5 Å². The number of likely N-dealkylation sites (N-methyl/N-ethyl adjacent to an activating group) is 1. The zero-order chi connectivity index (χ0) is 27.1. The van der Waals surface area contributed by atoms with E-state index in [-0.39, 0.29) is 30.2 Å². The third kappa shape index (κ3) is 6.62. The summed E-state index contributed by atoms with van der Waals surface area (Å²) in [5.41, 5.74) is 4.44. The molecule has 0 radical (unpaired) electrons. The summed E-state index contributed by atoms with van der Waals surface area (Å²) < 4.78 is 0. The minimum atomic E-state index is -0.833. The average Bonchev–Trinajstić information content (AvgIpc) is 3.43. The maximum atomic E-state index is 13.7. The lowest BCUT2D eigenvalue weighted by Crippen LogP contribution is -2.55. The monoisotopic (exact) mass is 514 g/mol. The SMILES string of the molecule is CN[C@@H](C)C(=O)N[C@@H](CC#Cc1ccc(C)cc1)C(=O)N1CCC[C@H]1C(=O)NC1CCCc2ccccc21. The number of fused-ring (bicyclic) bond motifs is 1. The molecule has 2 aromatic rings. The van der Waals surface area contributed by atoms with Gasteiger partial charge in [-0.15, -0.1) is 0 Å². The Balaban J connectivity index is 1.48.